The van der Waals surface area contributed by atoms with E-state index in [4.69, 9.17) is 4.74 Å². The first kappa shape index (κ1) is 15.4. The third-order valence-corrected chi connectivity index (χ3v) is 2.63. The van der Waals surface area contributed by atoms with E-state index in [9.17, 15) is 4.79 Å². The van der Waals surface area contributed by atoms with Gasteiger partial charge in [-0.1, -0.05) is 43.7 Å². The van der Waals surface area contributed by atoms with E-state index in [0.29, 0.717) is 6.61 Å². The molecule has 0 aliphatic carbocycles. The number of hydrogen-bond donors (Lipinski definition) is 1. The van der Waals surface area contributed by atoms with Crippen LogP contribution < -0.4 is 5.43 Å². The van der Waals surface area contributed by atoms with Gasteiger partial charge >= 0.3 is 0 Å². The molecule has 1 N–H and O–H groups in total. The molecule has 0 radical (unpaired) electrons. The van der Waals surface area contributed by atoms with Gasteiger partial charge in [-0.2, -0.15) is 5.10 Å². The van der Waals surface area contributed by atoms with Gasteiger partial charge in [-0.05, 0) is 25.3 Å². The van der Waals surface area contributed by atoms with Crippen molar-refractivity contribution in [2.75, 3.05) is 13.2 Å². The molecule has 0 saturated heterocycles. The molecule has 4 nitrogen and oxygen atoms in total. The van der Waals surface area contributed by atoms with Crippen LogP contribution >= 0.6 is 0 Å². The van der Waals surface area contributed by atoms with Crippen molar-refractivity contribution in [3.63, 3.8) is 0 Å². The molecular weight excluding hydrogens is 240 g/mol. The average molecular weight is 262 g/mol. The van der Waals surface area contributed by atoms with Gasteiger partial charge in [-0.15, -0.1) is 0 Å². The summed E-state index contributed by atoms with van der Waals surface area (Å²) in [5.41, 5.74) is 4.51. The minimum absolute atomic E-state index is 0.0514. The van der Waals surface area contributed by atoms with Crippen molar-refractivity contribution >= 4 is 11.6 Å². The molecule has 0 aliphatic rings. The summed E-state index contributed by atoms with van der Waals surface area (Å²) in [5.74, 6) is -0.216. The Balaban J connectivity index is 2.66. The monoisotopic (exact) mass is 262 g/mol. The lowest BCUT2D eigenvalue weighted by molar-refractivity contribution is -0.125. The van der Waals surface area contributed by atoms with E-state index in [1.165, 1.54) is 0 Å². The molecular formula is C15H22N2O2. The normalized spacial score (nSPS) is 11.4. The zero-order chi connectivity index (χ0) is 13.9. The number of carbonyl (C=O) groups is 1. The summed E-state index contributed by atoms with van der Waals surface area (Å²) in [5, 5.41) is 4.22. The lowest BCUT2D eigenvalue weighted by Crippen LogP contribution is -2.24. The number of hydrogen-bond acceptors (Lipinski definition) is 3. The van der Waals surface area contributed by atoms with Crippen LogP contribution in [-0.2, 0) is 9.53 Å². The Morgan fingerprint density at radius 3 is 2.63 bits per heavy atom. The van der Waals surface area contributed by atoms with Crippen LogP contribution in [0.4, 0.5) is 0 Å². The van der Waals surface area contributed by atoms with Crippen LogP contribution in [-0.4, -0.2) is 24.8 Å². The number of carbonyl (C=O) groups excluding carboxylic acids is 1. The van der Waals surface area contributed by atoms with Crippen molar-refractivity contribution in [3.8, 4) is 0 Å². The molecule has 1 amide bonds. The first-order valence-electron chi connectivity index (χ1n) is 6.76. The third kappa shape index (κ3) is 6.15. The van der Waals surface area contributed by atoms with Gasteiger partial charge in [0.15, 0.2) is 0 Å². The second kappa shape index (κ2) is 9.28. The number of unbranched alkanes of at least 4 members (excludes halogenated alkanes) is 1. The molecule has 0 fully saturated rings. The molecule has 0 aromatic heterocycles. The first-order chi connectivity index (χ1) is 9.27. The van der Waals surface area contributed by atoms with Crippen LogP contribution in [0.3, 0.4) is 0 Å². The molecule has 0 bridgehead atoms. The molecule has 1 aromatic carbocycles. The van der Waals surface area contributed by atoms with Crippen molar-refractivity contribution in [2.24, 2.45) is 5.10 Å². The maximum atomic E-state index is 11.5. The van der Waals surface area contributed by atoms with E-state index < -0.39 is 0 Å². The van der Waals surface area contributed by atoms with Gasteiger partial charge in [0.2, 0.25) is 0 Å². The van der Waals surface area contributed by atoms with Crippen molar-refractivity contribution in [3.05, 3.63) is 35.9 Å². The number of benzene rings is 1. The molecule has 0 saturated carbocycles. The highest BCUT2D eigenvalue weighted by atomic mass is 16.5. The van der Waals surface area contributed by atoms with E-state index in [-0.39, 0.29) is 12.5 Å². The lowest BCUT2D eigenvalue weighted by Gasteiger charge is -2.07. The molecule has 0 spiro atoms. The number of hydrazone groups is 1. The summed E-state index contributed by atoms with van der Waals surface area (Å²) >= 11 is 0. The van der Waals surface area contributed by atoms with Crippen LogP contribution in [0.25, 0.3) is 0 Å². The zero-order valence-electron chi connectivity index (χ0n) is 11.7. The van der Waals surface area contributed by atoms with Crippen molar-refractivity contribution in [2.45, 2.75) is 33.1 Å². The minimum atomic E-state index is -0.216. The van der Waals surface area contributed by atoms with Crippen LogP contribution in [0.15, 0.2) is 35.4 Å². The predicted octanol–water partition coefficient (Wildman–Crippen LogP) is 2.73. The summed E-state index contributed by atoms with van der Waals surface area (Å²) in [7, 11) is 0. The summed E-state index contributed by atoms with van der Waals surface area (Å²) in [6.07, 6.45) is 3.00. The fraction of sp³-hybridized carbons (Fsp3) is 0.467. The highest BCUT2D eigenvalue weighted by molar-refractivity contribution is 6.01. The third-order valence-electron chi connectivity index (χ3n) is 2.63. The van der Waals surface area contributed by atoms with Crippen LogP contribution in [0.1, 0.15) is 38.7 Å². The van der Waals surface area contributed by atoms with Gasteiger partial charge in [0.05, 0.1) is 5.71 Å². The molecule has 0 atom stereocenters. The Hall–Kier alpha value is -1.68. The van der Waals surface area contributed by atoms with E-state index in [1.807, 2.05) is 37.3 Å². The number of ether oxygens (including phenoxy) is 1. The number of nitrogens with one attached hydrogen (secondary N) is 1. The number of rotatable bonds is 8. The van der Waals surface area contributed by atoms with Crippen molar-refractivity contribution in [1.82, 2.24) is 5.43 Å². The molecule has 1 aromatic rings. The van der Waals surface area contributed by atoms with Crippen LogP contribution in [0.5, 0.6) is 0 Å². The second-order valence-electron chi connectivity index (χ2n) is 4.20. The molecule has 0 unspecified atom stereocenters. The fourth-order valence-electron chi connectivity index (χ4n) is 1.60. The van der Waals surface area contributed by atoms with E-state index in [2.05, 4.69) is 17.5 Å². The molecule has 4 heteroatoms. The van der Waals surface area contributed by atoms with Gasteiger partial charge in [0.25, 0.3) is 5.91 Å². The molecule has 0 heterocycles. The Labute approximate surface area is 114 Å². The summed E-state index contributed by atoms with van der Waals surface area (Å²) in [6, 6.07) is 9.92. The molecule has 104 valence electrons. The maximum Gasteiger partial charge on any atom is 0.266 e. The van der Waals surface area contributed by atoms with Gasteiger partial charge in [-0.25, -0.2) is 5.43 Å². The zero-order valence-corrected chi connectivity index (χ0v) is 11.7. The largest absolute Gasteiger partial charge is 0.372 e. The number of amides is 1. The smallest absolute Gasteiger partial charge is 0.266 e. The maximum absolute atomic E-state index is 11.5. The Kier molecular flexibility index (Phi) is 7.51. The van der Waals surface area contributed by atoms with Crippen molar-refractivity contribution in [1.29, 1.82) is 0 Å². The standard InChI is InChI=1S/C15H22N2O2/c1-3-5-11-14(13-9-7-6-8-10-13)16-17-15(18)12-19-4-2/h6-10H,3-5,11-12H2,1-2H3,(H,17,18)/b16-14+. The van der Waals surface area contributed by atoms with Gasteiger partial charge in [0.1, 0.15) is 6.61 Å². The summed E-state index contributed by atoms with van der Waals surface area (Å²) in [6.45, 7) is 4.57. The Bertz CT molecular complexity index is 402. The summed E-state index contributed by atoms with van der Waals surface area (Å²) in [4.78, 5) is 11.5. The SMILES string of the molecule is CCCC/C(=N\NC(=O)COCC)c1ccccc1. The van der Waals surface area contributed by atoms with E-state index >= 15 is 0 Å². The Morgan fingerprint density at radius 1 is 1.26 bits per heavy atom. The average Bonchev–Trinajstić information content (AvgIpc) is 2.46. The van der Waals surface area contributed by atoms with Crippen LogP contribution in [0.2, 0.25) is 0 Å². The van der Waals surface area contributed by atoms with Gasteiger partial charge in [-0.3, -0.25) is 4.79 Å². The minimum Gasteiger partial charge on any atom is -0.372 e. The van der Waals surface area contributed by atoms with Gasteiger partial charge in [0, 0.05) is 6.61 Å². The molecule has 0 aliphatic heterocycles. The fourth-order valence-corrected chi connectivity index (χ4v) is 1.60. The first-order valence-corrected chi connectivity index (χ1v) is 6.76. The lowest BCUT2D eigenvalue weighted by atomic mass is 10.1. The van der Waals surface area contributed by atoms with Crippen molar-refractivity contribution < 1.29 is 9.53 Å². The molecule has 19 heavy (non-hydrogen) atoms. The Morgan fingerprint density at radius 2 is 2.00 bits per heavy atom. The predicted molar refractivity (Wildman–Crippen MR) is 77.1 cm³/mol. The topological polar surface area (TPSA) is 50.7 Å². The quantitative estimate of drug-likeness (QED) is 0.578. The molecule has 1 rings (SSSR count). The number of nitrogens with zero attached hydrogens (tertiary/aromatic N) is 1. The van der Waals surface area contributed by atoms with Gasteiger partial charge < -0.3 is 4.74 Å². The van der Waals surface area contributed by atoms with E-state index in [0.717, 1.165) is 30.5 Å². The second-order valence-corrected chi connectivity index (χ2v) is 4.20. The highest BCUT2D eigenvalue weighted by Gasteiger charge is 2.04. The summed E-state index contributed by atoms with van der Waals surface area (Å²) < 4.78 is 5.03. The highest BCUT2D eigenvalue weighted by Crippen LogP contribution is 2.07. The van der Waals surface area contributed by atoms with E-state index in [1.54, 1.807) is 0 Å². The van der Waals surface area contributed by atoms with Crippen LogP contribution in [0, 0.1) is 0 Å².